The van der Waals surface area contributed by atoms with Gasteiger partial charge in [-0.25, -0.2) is 17.9 Å². The van der Waals surface area contributed by atoms with E-state index in [1.807, 2.05) is 4.72 Å². The van der Waals surface area contributed by atoms with E-state index >= 15 is 0 Å². The molecule has 0 heterocycles. The van der Waals surface area contributed by atoms with Crippen LogP contribution in [0.2, 0.25) is 0 Å². The van der Waals surface area contributed by atoms with Crippen LogP contribution in [0.1, 0.15) is 5.56 Å². The molecule has 0 aliphatic heterocycles. The molecule has 2 N–H and O–H groups in total. The Kier molecular flexibility index (Phi) is 5.35. The Morgan fingerprint density at radius 2 is 2.14 bits per heavy atom. The molecule has 0 radical (unpaired) electrons. The van der Waals surface area contributed by atoms with Crippen LogP contribution in [0.4, 0.5) is 5.69 Å². The minimum Gasteiger partial charge on any atom is -0.467 e. The maximum atomic E-state index is 12.1. The zero-order chi connectivity index (χ0) is 16.2. The molecule has 0 fully saturated rings. The molecule has 1 aromatic carbocycles. The molecule has 1 atom stereocenters. The van der Waals surface area contributed by atoms with Crippen molar-refractivity contribution in [1.29, 1.82) is 0 Å². The predicted molar refractivity (Wildman–Crippen MR) is 71.0 cm³/mol. The van der Waals surface area contributed by atoms with Crippen molar-refractivity contribution in [3.8, 4) is 0 Å². The maximum absolute atomic E-state index is 12.1. The van der Waals surface area contributed by atoms with Gasteiger partial charge in [-0.15, -0.1) is 0 Å². The van der Waals surface area contributed by atoms with E-state index in [4.69, 9.17) is 0 Å². The van der Waals surface area contributed by atoms with Gasteiger partial charge in [0.1, 0.15) is 0 Å². The van der Waals surface area contributed by atoms with Gasteiger partial charge in [-0.1, -0.05) is 12.1 Å². The van der Waals surface area contributed by atoms with Gasteiger partial charge >= 0.3 is 5.97 Å². The number of ether oxygens (including phenoxy) is 1. The molecule has 10 heteroatoms. The van der Waals surface area contributed by atoms with E-state index in [1.54, 1.807) is 0 Å². The molecular weight excluding hydrogens is 304 g/mol. The Morgan fingerprint density at radius 1 is 1.52 bits per heavy atom. The first-order valence-corrected chi connectivity index (χ1v) is 7.18. The van der Waals surface area contributed by atoms with Gasteiger partial charge in [-0.3, -0.25) is 10.1 Å². The summed E-state index contributed by atoms with van der Waals surface area (Å²) >= 11 is 0. The van der Waals surface area contributed by atoms with Crippen molar-refractivity contribution in [3.05, 3.63) is 33.9 Å². The monoisotopic (exact) mass is 318 g/mol. The van der Waals surface area contributed by atoms with E-state index < -0.39 is 44.1 Å². The second-order valence-electron chi connectivity index (χ2n) is 4.07. The van der Waals surface area contributed by atoms with Crippen LogP contribution in [0.15, 0.2) is 23.1 Å². The second-order valence-corrected chi connectivity index (χ2v) is 5.77. The normalized spacial score (nSPS) is 12.7. The summed E-state index contributed by atoms with van der Waals surface area (Å²) in [5.41, 5.74) is -0.417. The fourth-order valence-electron chi connectivity index (χ4n) is 1.61. The number of nitrogens with one attached hydrogen (secondary N) is 1. The van der Waals surface area contributed by atoms with E-state index in [0.717, 1.165) is 13.2 Å². The van der Waals surface area contributed by atoms with Crippen LogP contribution in [-0.4, -0.2) is 44.2 Å². The fourth-order valence-corrected chi connectivity index (χ4v) is 3.04. The molecule has 1 aromatic rings. The van der Waals surface area contributed by atoms with Crippen LogP contribution in [-0.2, 0) is 19.6 Å². The largest absolute Gasteiger partial charge is 0.467 e. The highest BCUT2D eigenvalue weighted by Gasteiger charge is 2.29. The van der Waals surface area contributed by atoms with Crippen molar-refractivity contribution < 1.29 is 28.0 Å². The van der Waals surface area contributed by atoms with Gasteiger partial charge < -0.3 is 9.84 Å². The molecule has 1 rings (SSSR count). The van der Waals surface area contributed by atoms with Crippen LogP contribution in [0.25, 0.3) is 0 Å². The van der Waals surface area contributed by atoms with Crippen molar-refractivity contribution in [1.82, 2.24) is 4.72 Å². The van der Waals surface area contributed by atoms with Gasteiger partial charge in [-0.05, 0) is 12.5 Å². The first-order valence-electron chi connectivity index (χ1n) is 5.70. The summed E-state index contributed by atoms with van der Waals surface area (Å²) in [4.78, 5) is 20.6. The number of nitro benzene ring substituents is 1. The van der Waals surface area contributed by atoms with Gasteiger partial charge in [0.05, 0.1) is 12.0 Å². The predicted octanol–water partition coefficient (Wildman–Crippen LogP) is -0.285. The van der Waals surface area contributed by atoms with Gasteiger partial charge in [-0.2, -0.15) is 0 Å². The van der Waals surface area contributed by atoms with E-state index in [1.165, 1.54) is 19.1 Å². The number of nitro groups is 1. The number of benzene rings is 1. The third kappa shape index (κ3) is 3.97. The fraction of sp³-hybridized carbons (Fsp3) is 0.364. The molecule has 9 nitrogen and oxygen atoms in total. The lowest BCUT2D eigenvalue weighted by Crippen LogP contribution is -2.37. The molecule has 116 valence electrons. The van der Waals surface area contributed by atoms with Crippen LogP contribution in [0, 0.1) is 17.0 Å². The number of methoxy groups -OCH3 is 1. The number of aryl methyl sites for hydroxylation is 1. The third-order valence-corrected chi connectivity index (χ3v) is 4.21. The van der Waals surface area contributed by atoms with Crippen molar-refractivity contribution >= 4 is 21.7 Å². The van der Waals surface area contributed by atoms with Gasteiger partial charge in [0.15, 0.2) is 11.0 Å². The average Bonchev–Trinajstić information content (AvgIpc) is 2.43. The van der Waals surface area contributed by atoms with Gasteiger partial charge in [0, 0.05) is 12.6 Å². The van der Waals surface area contributed by atoms with Crippen LogP contribution in [0.5, 0.6) is 0 Å². The second kappa shape index (κ2) is 6.61. The number of aliphatic hydroxyl groups excluding tert-OH is 1. The van der Waals surface area contributed by atoms with E-state index in [0.29, 0.717) is 0 Å². The molecule has 0 amide bonds. The highest BCUT2D eigenvalue weighted by molar-refractivity contribution is 7.89. The summed E-state index contributed by atoms with van der Waals surface area (Å²) in [6.07, 6.45) is -1.70. The summed E-state index contributed by atoms with van der Waals surface area (Å²) in [5, 5.41) is 20.2. The Labute approximate surface area is 120 Å². The zero-order valence-corrected chi connectivity index (χ0v) is 12.1. The van der Waals surface area contributed by atoms with Crippen molar-refractivity contribution in [2.45, 2.75) is 17.9 Å². The molecule has 0 aliphatic carbocycles. The number of carbonyl (C=O) groups excluding carboxylic acids is 1. The smallest absolute Gasteiger partial charge is 0.336 e. The summed E-state index contributed by atoms with van der Waals surface area (Å²) in [7, 11) is -3.23. The number of esters is 1. The minimum absolute atomic E-state index is 0.171. The van der Waals surface area contributed by atoms with Gasteiger partial charge in [0.25, 0.3) is 5.69 Å². The lowest BCUT2D eigenvalue weighted by molar-refractivity contribution is -0.387. The van der Waals surface area contributed by atoms with E-state index in [2.05, 4.69) is 4.74 Å². The first-order chi connectivity index (χ1) is 9.70. The Hall–Kier alpha value is -2.04. The molecular formula is C11H14N2O7S. The van der Waals surface area contributed by atoms with E-state index in [-0.39, 0.29) is 5.56 Å². The highest BCUT2D eigenvalue weighted by atomic mass is 32.2. The standard InChI is InChI=1S/C11H14N2O7S/c1-7-4-3-5-8(13(16)17)10(7)21(18,19)12-6-9(14)11(15)20-2/h3-5,9,12,14H,6H2,1-2H3. The Morgan fingerprint density at radius 3 is 2.67 bits per heavy atom. The molecule has 21 heavy (non-hydrogen) atoms. The number of sulfonamides is 1. The number of hydrogen-bond acceptors (Lipinski definition) is 7. The summed E-state index contributed by atoms with van der Waals surface area (Å²) < 4.78 is 30.4. The van der Waals surface area contributed by atoms with E-state index in [9.17, 15) is 28.4 Å². The topological polar surface area (TPSA) is 136 Å². The molecule has 1 unspecified atom stereocenters. The molecule has 0 saturated carbocycles. The number of nitrogens with zero attached hydrogens (tertiary/aromatic N) is 1. The van der Waals surface area contributed by atoms with Gasteiger partial charge in [0.2, 0.25) is 10.0 Å². The Balaban J connectivity index is 3.09. The summed E-state index contributed by atoms with van der Waals surface area (Å²) in [6.45, 7) is 0.749. The lowest BCUT2D eigenvalue weighted by atomic mass is 10.2. The summed E-state index contributed by atoms with van der Waals surface area (Å²) in [6, 6.07) is 3.81. The van der Waals surface area contributed by atoms with Crippen molar-refractivity contribution in [2.75, 3.05) is 13.7 Å². The molecule has 0 saturated heterocycles. The molecule has 0 aromatic heterocycles. The average molecular weight is 318 g/mol. The quantitative estimate of drug-likeness (QED) is 0.418. The SMILES string of the molecule is COC(=O)C(O)CNS(=O)(=O)c1c(C)cccc1[N+](=O)[O-]. The number of carbonyl (C=O) groups is 1. The van der Waals surface area contributed by atoms with Crippen LogP contribution < -0.4 is 4.72 Å². The lowest BCUT2D eigenvalue weighted by Gasteiger charge is -2.12. The zero-order valence-electron chi connectivity index (χ0n) is 11.3. The number of aliphatic hydroxyl groups is 1. The maximum Gasteiger partial charge on any atom is 0.336 e. The third-order valence-electron chi connectivity index (χ3n) is 2.60. The highest BCUT2D eigenvalue weighted by Crippen LogP contribution is 2.26. The molecule has 0 spiro atoms. The first kappa shape index (κ1) is 17.0. The van der Waals surface area contributed by atoms with Crippen molar-refractivity contribution in [3.63, 3.8) is 0 Å². The van der Waals surface area contributed by atoms with Crippen molar-refractivity contribution in [2.24, 2.45) is 0 Å². The van der Waals surface area contributed by atoms with Crippen LogP contribution in [0.3, 0.4) is 0 Å². The minimum atomic E-state index is -4.26. The number of rotatable bonds is 6. The summed E-state index contributed by atoms with van der Waals surface area (Å²) in [5.74, 6) is -1.02. The molecule has 0 bridgehead atoms. The number of hydrogen-bond donors (Lipinski definition) is 2. The Bertz CT molecular complexity index is 657. The van der Waals surface area contributed by atoms with Crippen LogP contribution >= 0.6 is 0 Å². The molecule has 0 aliphatic rings.